The van der Waals surface area contributed by atoms with Crippen LogP contribution >= 0.6 is 15.9 Å². The molecule has 4 nitrogen and oxygen atoms in total. The molecule has 0 aliphatic heterocycles. The van der Waals surface area contributed by atoms with Crippen LogP contribution in [-0.2, 0) is 12.8 Å². The fraction of sp³-hybridized carbons (Fsp3) is 0.111. The molecule has 0 aliphatic rings. The van der Waals surface area contributed by atoms with Gasteiger partial charge in [0.1, 0.15) is 18.2 Å². The van der Waals surface area contributed by atoms with Crippen LogP contribution in [0.2, 0.25) is 0 Å². The summed E-state index contributed by atoms with van der Waals surface area (Å²) in [6.45, 7) is 1.77. The highest BCUT2D eigenvalue weighted by molar-refractivity contribution is 9.10. The fourth-order valence-corrected chi connectivity index (χ4v) is 4.16. The second-order valence-electron chi connectivity index (χ2n) is 8.16. The van der Waals surface area contributed by atoms with Crippen molar-refractivity contribution in [2.75, 3.05) is 0 Å². The van der Waals surface area contributed by atoms with Crippen molar-refractivity contribution in [3.05, 3.63) is 106 Å². The van der Waals surface area contributed by atoms with Crippen LogP contribution in [0.4, 0.5) is 17.6 Å². The zero-order valence-electron chi connectivity index (χ0n) is 18.9. The maximum Gasteiger partial charge on any atom is 0.417 e. The monoisotopic (exact) mass is 555 g/mol. The summed E-state index contributed by atoms with van der Waals surface area (Å²) < 4.78 is 63.3. The van der Waals surface area contributed by atoms with Crippen molar-refractivity contribution in [2.45, 2.75) is 19.7 Å². The first-order valence-corrected chi connectivity index (χ1v) is 11.7. The van der Waals surface area contributed by atoms with Gasteiger partial charge in [0, 0.05) is 10.0 Å². The lowest BCUT2D eigenvalue weighted by Gasteiger charge is -2.12. The number of hydrogen-bond acceptors (Lipinski definition) is 3. The summed E-state index contributed by atoms with van der Waals surface area (Å²) in [5.41, 5.74) is 1.62. The van der Waals surface area contributed by atoms with Crippen molar-refractivity contribution in [1.82, 2.24) is 14.8 Å². The van der Waals surface area contributed by atoms with Gasteiger partial charge in [-0.25, -0.2) is 14.1 Å². The third-order valence-corrected chi connectivity index (χ3v) is 6.19. The van der Waals surface area contributed by atoms with Gasteiger partial charge in [0.05, 0.1) is 28.0 Å². The first kappa shape index (κ1) is 24.0. The normalized spacial score (nSPS) is 11.7. The van der Waals surface area contributed by atoms with Crippen LogP contribution in [0.25, 0.3) is 28.0 Å². The molecule has 0 bridgehead atoms. The van der Waals surface area contributed by atoms with Gasteiger partial charge in [-0.15, -0.1) is 0 Å². The number of benzene rings is 3. The first-order valence-electron chi connectivity index (χ1n) is 10.9. The zero-order valence-corrected chi connectivity index (χ0v) is 20.4. The molecule has 0 fully saturated rings. The van der Waals surface area contributed by atoms with Crippen molar-refractivity contribution in [1.29, 1.82) is 0 Å². The van der Waals surface area contributed by atoms with Crippen LogP contribution in [0.3, 0.4) is 0 Å². The van der Waals surface area contributed by atoms with Crippen molar-refractivity contribution < 1.29 is 22.3 Å². The first-order chi connectivity index (χ1) is 17.2. The molecule has 36 heavy (non-hydrogen) atoms. The van der Waals surface area contributed by atoms with Crippen molar-refractivity contribution >= 4 is 27.0 Å². The maximum atomic E-state index is 14.1. The van der Waals surface area contributed by atoms with Gasteiger partial charge < -0.3 is 4.74 Å². The Hall–Kier alpha value is -3.72. The number of rotatable bonds is 5. The van der Waals surface area contributed by atoms with Gasteiger partial charge in [-0.1, -0.05) is 28.1 Å². The zero-order chi connectivity index (χ0) is 25.4. The van der Waals surface area contributed by atoms with E-state index in [0.29, 0.717) is 17.0 Å². The van der Waals surface area contributed by atoms with E-state index in [-0.39, 0.29) is 34.8 Å². The van der Waals surface area contributed by atoms with Gasteiger partial charge >= 0.3 is 6.18 Å². The number of nitrogens with zero attached hydrogens (tertiary/aromatic N) is 3. The third-order valence-electron chi connectivity index (χ3n) is 5.66. The number of halogens is 5. The summed E-state index contributed by atoms with van der Waals surface area (Å²) >= 11 is 3.37. The Labute approximate surface area is 212 Å². The molecule has 182 valence electrons. The van der Waals surface area contributed by atoms with Crippen LogP contribution in [0, 0.1) is 12.7 Å². The Morgan fingerprint density at radius 3 is 2.22 bits per heavy atom. The Morgan fingerprint density at radius 1 is 0.917 bits per heavy atom. The quantitative estimate of drug-likeness (QED) is 0.207. The van der Waals surface area contributed by atoms with Gasteiger partial charge in [-0.2, -0.15) is 18.3 Å². The molecule has 0 spiro atoms. The number of hydrogen-bond donors (Lipinski definition) is 0. The molecule has 3 aromatic carbocycles. The molecule has 2 heterocycles. The van der Waals surface area contributed by atoms with Crippen molar-refractivity contribution in [2.24, 2.45) is 0 Å². The summed E-state index contributed by atoms with van der Waals surface area (Å²) in [7, 11) is 0. The molecule has 0 unspecified atom stereocenters. The molecule has 0 amide bonds. The largest absolute Gasteiger partial charge is 0.489 e. The predicted octanol–water partition coefficient (Wildman–Crippen LogP) is 7.90. The molecule has 0 N–H and O–H groups in total. The lowest BCUT2D eigenvalue weighted by Crippen LogP contribution is -2.08. The number of fused-ring (bicyclic) bond motifs is 1. The van der Waals surface area contributed by atoms with E-state index in [4.69, 9.17) is 4.74 Å². The van der Waals surface area contributed by atoms with Gasteiger partial charge in [-0.3, -0.25) is 0 Å². The summed E-state index contributed by atoms with van der Waals surface area (Å²) in [5, 5.41) is 4.33. The van der Waals surface area contributed by atoms with Crippen LogP contribution in [0.1, 0.15) is 16.8 Å². The highest BCUT2D eigenvalue weighted by Gasteiger charge is 2.35. The SMILES string of the molecule is Cc1nn(-c2ccc(Br)cc2)c2nc(-c3ccc(OCc4ccc(F)cc4)cc3)cc(C(F)(F)F)c12. The fourth-order valence-electron chi connectivity index (χ4n) is 3.89. The number of aryl methyl sites for hydroxylation is 1. The van der Waals surface area contributed by atoms with E-state index in [1.807, 2.05) is 0 Å². The molecule has 0 radical (unpaired) electrons. The maximum absolute atomic E-state index is 14.1. The Balaban J connectivity index is 1.53. The summed E-state index contributed by atoms with van der Waals surface area (Å²) in [4.78, 5) is 4.58. The number of aromatic nitrogens is 3. The van der Waals surface area contributed by atoms with E-state index in [1.165, 1.54) is 16.8 Å². The Bertz CT molecular complexity index is 1530. The van der Waals surface area contributed by atoms with Crippen LogP contribution in [-0.4, -0.2) is 14.8 Å². The van der Waals surface area contributed by atoms with Crippen molar-refractivity contribution in [3.63, 3.8) is 0 Å². The van der Waals surface area contributed by atoms with E-state index < -0.39 is 11.7 Å². The lowest BCUT2D eigenvalue weighted by molar-refractivity contribution is -0.136. The van der Waals surface area contributed by atoms with Crippen LogP contribution in [0.5, 0.6) is 5.75 Å². The highest BCUT2D eigenvalue weighted by Crippen LogP contribution is 2.39. The highest BCUT2D eigenvalue weighted by atomic mass is 79.9. The van der Waals surface area contributed by atoms with Gasteiger partial charge in [-0.05, 0) is 79.2 Å². The second-order valence-corrected chi connectivity index (χ2v) is 9.08. The smallest absolute Gasteiger partial charge is 0.417 e. The molecule has 0 aliphatic carbocycles. The third kappa shape index (κ3) is 4.83. The number of alkyl halides is 3. The van der Waals surface area contributed by atoms with Gasteiger partial charge in [0.2, 0.25) is 0 Å². The predicted molar refractivity (Wildman–Crippen MR) is 132 cm³/mol. The summed E-state index contributed by atoms with van der Waals surface area (Å²) in [6.07, 6.45) is -4.59. The van der Waals surface area contributed by atoms with E-state index >= 15 is 0 Å². The minimum Gasteiger partial charge on any atom is -0.489 e. The van der Waals surface area contributed by atoms with Crippen LogP contribution < -0.4 is 4.74 Å². The molecule has 9 heteroatoms. The Kier molecular flexibility index (Phi) is 6.26. The minimum atomic E-state index is -4.59. The molecule has 0 saturated carbocycles. The minimum absolute atomic E-state index is 0.0339. The molecular formula is C27H18BrF4N3O. The van der Waals surface area contributed by atoms with Gasteiger partial charge in [0.15, 0.2) is 5.65 Å². The van der Waals surface area contributed by atoms with Crippen LogP contribution in [0.15, 0.2) is 83.3 Å². The lowest BCUT2D eigenvalue weighted by atomic mass is 10.0. The average molecular weight is 556 g/mol. The molecule has 5 aromatic rings. The average Bonchev–Trinajstić information content (AvgIpc) is 3.19. The van der Waals surface area contributed by atoms with E-state index in [9.17, 15) is 17.6 Å². The standard InChI is InChI=1S/C27H18BrF4N3O/c1-16-25-23(27(30,31)32)14-24(33-26(25)35(34-16)21-10-6-19(28)7-11-21)18-4-12-22(13-5-18)36-15-17-2-8-20(29)9-3-17/h2-14H,15H2,1H3. The topological polar surface area (TPSA) is 39.9 Å². The van der Waals surface area contributed by atoms with E-state index in [2.05, 4.69) is 26.0 Å². The summed E-state index contributed by atoms with van der Waals surface area (Å²) in [5.74, 6) is 0.193. The second kappa shape index (κ2) is 9.39. The molecular weight excluding hydrogens is 538 g/mol. The number of ether oxygens (including phenoxy) is 1. The summed E-state index contributed by atoms with van der Waals surface area (Å²) in [6, 6.07) is 20.7. The van der Waals surface area contributed by atoms with E-state index in [1.54, 1.807) is 67.6 Å². The van der Waals surface area contributed by atoms with Crippen molar-refractivity contribution in [3.8, 4) is 22.7 Å². The molecule has 0 atom stereocenters. The number of pyridine rings is 1. The van der Waals surface area contributed by atoms with Gasteiger partial charge in [0.25, 0.3) is 0 Å². The van der Waals surface area contributed by atoms with E-state index in [0.717, 1.165) is 16.1 Å². The molecule has 5 rings (SSSR count). The Morgan fingerprint density at radius 2 is 1.58 bits per heavy atom. The molecule has 0 saturated heterocycles. The molecule has 2 aromatic heterocycles.